The zero-order valence-electron chi connectivity index (χ0n) is 11.3. The van der Waals surface area contributed by atoms with Crippen LogP contribution in [0.5, 0.6) is 5.75 Å². The molecule has 0 bridgehead atoms. The SMILES string of the molecule is CCCC(CCO)CNc1ccc(OC)cc1N. The Bertz CT molecular complexity index is 350. The first-order valence-electron chi connectivity index (χ1n) is 6.49. The van der Waals surface area contributed by atoms with Crippen LogP contribution in [0.2, 0.25) is 0 Å². The molecule has 0 spiro atoms. The Hall–Kier alpha value is -1.42. The Morgan fingerprint density at radius 3 is 2.72 bits per heavy atom. The molecule has 0 saturated heterocycles. The van der Waals surface area contributed by atoms with Crippen molar-refractivity contribution >= 4 is 11.4 Å². The summed E-state index contributed by atoms with van der Waals surface area (Å²) in [5.74, 6) is 1.25. The van der Waals surface area contributed by atoms with Crippen molar-refractivity contribution in [2.45, 2.75) is 26.2 Å². The predicted molar refractivity (Wildman–Crippen MR) is 76.0 cm³/mol. The van der Waals surface area contributed by atoms with Gasteiger partial charge in [-0.3, -0.25) is 0 Å². The third-order valence-corrected chi connectivity index (χ3v) is 3.07. The first-order valence-corrected chi connectivity index (χ1v) is 6.49. The minimum absolute atomic E-state index is 0.241. The van der Waals surface area contributed by atoms with E-state index in [4.69, 9.17) is 15.6 Å². The van der Waals surface area contributed by atoms with E-state index in [0.29, 0.717) is 11.6 Å². The molecule has 4 heteroatoms. The number of aliphatic hydroxyl groups excluding tert-OH is 1. The molecule has 1 unspecified atom stereocenters. The van der Waals surface area contributed by atoms with Gasteiger partial charge in [0.1, 0.15) is 5.75 Å². The Kier molecular flexibility index (Phi) is 6.36. The second-order valence-electron chi connectivity index (χ2n) is 4.50. The van der Waals surface area contributed by atoms with Gasteiger partial charge in [-0.1, -0.05) is 13.3 Å². The van der Waals surface area contributed by atoms with E-state index in [0.717, 1.165) is 37.2 Å². The van der Waals surface area contributed by atoms with Gasteiger partial charge in [0.25, 0.3) is 0 Å². The topological polar surface area (TPSA) is 67.5 Å². The van der Waals surface area contributed by atoms with Crippen molar-refractivity contribution in [3.05, 3.63) is 18.2 Å². The molecule has 1 atom stereocenters. The van der Waals surface area contributed by atoms with Gasteiger partial charge in [0.2, 0.25) is 0 Å². The largest absolute Gasteiger partial charge is 0.497 e. The summed E-state index contributed by atoms with van der Waals surface area (Å²) in [5, 5.41) is 12.4. The molecule has 4 nitrogen and oxygen atoms in total. The molecule has 0 radical (unpaired) electrons. The molecule has 0 aromatic heterocycles. The molecule has 0 aliphatic carbocycles. The van der Waals surface area contributed by atoms with Gasteiger partial charge < -0.3 is 20.9 Å². The third kappa shape index (κ3) is 4.45. The van der Waals surface area contributed by atoms with E-state index in [1.165, 1.54) is 0 Å². The number of benzene rings is 1. The fraction of sp³-hybridized carbons (Fsp3) is 0.571. The fourth-order valence-electron chi connectivity index (χ4n) is 2.02. The Balaban J connectivity index is 2.55. The van der Waals surface area contributed by atoms with Crippen molar-refractivity contribution in [2.24, 2.45) is 5.92 Å². The summed E-state index contributed by atoms with van der Waals surface area (Å²) in [6, 6.07) is 5.62. The highest BCUT2D eigenvalue weighted by atomic mass is 16.5. The summed E-state index contributed by atoms with van der Waals surface area (Å²) in [6.45, 7) is 3.24. The number of anilines is 2. The third-order valence-electron chi connectivity index (χ3n) is 3.07. The Morgan fingerprint density at radius 2 is 2.17 bits per heavy atom. The fourth-order valence-corrected chi connectivity index (χ4v) is 2.02. The van der Waals surface area contributed by atoms with Crippen molar-refractivity contribution in [2.75, 3.05) is 31.3 Å². The number of nitrogens with two attached hydrogens (primary N) is 1. The Morgan fingerprint density at radius 1 is 1.39 bits per heavy atom. The lowest BCUT2D eigenvalue weighted by molar-refractivity contribution is 0.255. The van der Waals surface area contributed by atoms with Crippen molar-refractivity contribution < 1.29 is 9.84 Å². The Labute approximate surface area is 109 Å². The maximum Gasteiger partial charge on any atom is 0.121 e. The molecule has 0 amide bonds. The molecule has 0 aliphatic rings. The van der Waals surface area contributed by atoms with Crippen LogP contribution < -0.4 is 15.8 Å². The van der Waals surface area contributed by atoms with Crippen LogP contribution in [-0.2, 0) is 0 Å². The standard InChI is InChI=1S/C14H24N2O2/c1-3-4-11(7-8-17)10-16-14-6-5-12(18-2)9-13(14)15/h5-6,9,11,16-17H,3-4,7-8,10,15H2,1-2H3. The molecular weight excluding hydrogens is 228 g/mol. The van der Waals surface area contributed by atoms with Gasteiger partial charge >= 0.3 is 0 Å². The highest BCUT2D eigenvalue weighted by Gasteiger charge is 2.08. The van der Waals surface area contributed by atoms with Crippen LogP contribution in [0.1, 0.15) is 26.2 Å². The van der Waals surface area contributed by atoms with Gasteiger partial charge in [0.15, 0.2) is 0 Å². The van der Waals surface area contributed by atoms with E-state index in [1.807, 2.05) is 18.2 Å². The second kappa shape index (κ2) is 7.82. The molecule has 0 aliphatic heterocycles. The highest BCUT2D eigenvalue weighted by Crippen LogP contribution is 2.24. The van der Waals surface area contributed by atoms with Crippen LogP contribution in [-0.4, -0.2) is 25.4 Å². The van der Waals surface area contributed by atoms with E-state index >= 15 is 0 Å². The van der Waals surface area contributed by atoms with Gasteiger partial charge in [-0.25, -0.2) is 0 Å². The molecular formula is C14H24N2O2. The van der Waals surface area contributed by atoms with Crippen molar-refractivity contribution in [3.63, 3.8) is 0 Å². The second-order valence-corrected chi connectivity index (χ2v) is 4.50. The number of ether oxygens (including phenoxy) is 1. The summed E-state index contributed by atoms with van der Waals surface area (Å²) >= 11 is 0. The number of hydrogen-bond acceptors (Lipinski definition) is 4. The van der Waals surface area contributed by atoms with Crippen molar-refractivity contribution in [1.82, 2.24) is 0 Å². The van der Waals surface area contributed by atoms with E-state index < -0.39 is 0 Å². The minimum Gasteiger partial charge on any atom is -0.497 e. The summed E-state index contributed by atoms with van der Waals surface area (Å²) in [6.07, 6.45) is 3.07. The van der Waals surface area contributed by atoms with Crippen LogP contribution in [0.25, 0.3) is 0 Å². The van der Waals surface area contributed by atoms with Crippen LogP contribution in [0, 0.1) is 5.92 Å². The number of hydrogen-bond donors (Lipinski definition) is 3. The number of nitrogen functional groups attached to an aromatic ring is 1. The van der Waals surface area contributed by atoms with Crippen molar-refractivity contribution in [1.29, 1.82) is 0 Å². The highest BCUT2D eigenvalue weighted by molar-refractivity contribution is 5.68. The lowest BCUT2D eigenvalue weighted by atomic mass is 10.00. The monoisotopic (exact) mass is 252 g/mol. The maximum absolute atomic E-state index is 9.01. The summed E-state index contributed by atoms with van der Waals surface area (Å²) in [7, 11) is 1.63. The molecule has 102 valence electrons. The zero-order chi connectivity index (χ0) is 13.4. The average Bonchev–Trinajstić information content (AvgIpc) is 2.37. The van der Waals surface area contributed by atoms with Gasteiger partial charge in [-0.15, -0.1) is 0 Å². The summed E-state index contributed by atoms with van der Waals surface area (Å²) < 4.78 is 5.11. The maximum atomic E-state index is 9.01. The van der Waals surface area contributed by atoms with E-state index in [1.54, 1.807) is 7.11 Å². The smallest absolute Gasteiger partial charge is 0.121 e. The number of rotatable bonds is 8. The van der Waals surface area contributed by atoms with Crippen molar-refractivity contribution in [3.8, 4) is 5.75 Å². The van der Waals surface area contributed by atoms with Crippen LogP contribution in [0.3, 0.4) is 0 Å². The molecule has 0 fully saturated rings. The van der Waals surface area contributed by atoms with Gasteiger partial charge in [-0.05, 0) is 30.9 Å². The number of aliphatic hydroxyl groups is 1. The number of nitrogens with one attached hydrogen (secondary N) is 1. The normalized spacial score (nSPS) is 12.2. The zero-order valence-corrected chi connectivity index (χ0v) is 11.3. The molecule has 4 N–H and O–H groups in total. The molecule has 0 saturated carbocycles. The first kappa shape index (κ1) is 14.6. The van der Waals surface area contributed by atoms with E-state index in [-0.39, 0.29) is 6.61 Å². The van der Waals surface area contributed by atoms with E-state index in [2.05, 4.69) is 12.2 Å². The predicted octanol–water partition coefficient (Wildman–Crippen LogP) is 2.49. The minimum atomic E-state index is 0.241. The quantitative estimate of drug-likeness (QED) is 0.622. The average molecular weight is 252 g/mol. The van der Waals surface area contributed by atoms with E-state index in [9.17, 15) is 0 Å². The van der Waals surface area contributed by atoms with Gasteiger partial charge in [0.05, 0.1) is 18.5 Å². The molecule has 18 heavy (non-hydrogen) atoms. The molecule has 1 aromatic carbocycles. The summed E-state index contributed by atoms with van der Waals surface area (Å²) in [5.41, 5.74) is 7.55. The lowest BCUT2D eigenvalue weighted by Crippen LogP contribution is -2.16. The van der Waals surface area contributed by atoms with Crippen LogP contribution >= 0.6 is 0 Å². The number of methoxy groups -OCH3 is 1. The first-order chi connectivity index (χ1) is 8.71. The summed E-state index contributed by atoms with van der Waals surface area (Å²) in [4.78, 5) is 0. The molecule has 1 aromatic rings. The van der Waals surface area contributed by atoms with Crippen LogP contribution in [0.4, 0.5) is 11.4 Å². The molecule has 0 heterocycles. The lowest BCUT2D eigenvalue weighted by Gasteiger charge is -2.17. The van der Waals surface area contributed by atoms with Gasteiger partial charge in [-0.2, -0.15) is 0 Å². The van der Waals surface area contributed by atoms with Gasteiger partial charge in [0, 0.05) is 19.2 Å². The van der Waals surface area contributed by atoms with Crippen LogP contribution in [0.15, 0.2) is 18.2 Å². The molecule has 1 rings (SSSR count).